The van der Waals surface area contributed by atoms with E-state index in [0.29, 0.717) is 33.2 Å². The summed E-state index contributed by atoms with van der Waals surface area (Å²) in [6, 6.07) is 11.8. The SMILES string of the molecule is Cc1ccc(C(=O)Nc2c(C(=O)c3ccc(Cl)cc3Cl)c(C)nn2C)cc1. The van der Waals surface area contributed by atoms with Crippen LogP contribution in [0.4, 0.5) is 5.82 Å². The van der Waals surface area contributed by atoms with Crippen molar-refractivity contribution in [2.75, 3.05) is 5.32 Å². The van der Waals surface area contributed by atoms with Crippen LogP contribution in [0.15, 0.2) is 42.5 Å². The zero-order valence-corrected chi connectivity index (χ0v) is 16.5. The number of hydrogen-bond acceptors (Lipinski definition) is 3. The Morgan fingerprint density at radius 2 is 1.70 bits per heavy atom. The Morgan fingerprint density at radius 1 is 1.04 bits per heavy atom. The summed E-state index contributed by atoms with van der Waals surface area (Å²) < 4.78 is 1.47. The molecule has 138 valence electrons. The normalized spacial score (nSPS) is 10.7. The molecule has 0 aliphatic carbocycles. The molecule has 0 fully saturated rings. The number of halogens is 2. The molecule has 3 aromatic rings. The molecule has 0 bridgehead atoms. The fourth-order valence-corrected chi connectivity index (χ4v) is 3.26. The summed E-state index contributed by atoms with van der Waals surface area (Å²) in [4.78, 5) is 25.7. The number of aromatic nitrogens is 2. The molecular weight excluding hydrogens is 385 g/mol. The molecule has 0 atom stereocenters. The van der Waals surface area contributed by atoms with Gasteiger partial charge >= 0.3 is 0 Å². The second-order valence-corrected chi connectivity index (χ2v) is 7.05. The van der Waals surface area contributed by atoms with E-state index < -0.39 is 0 Å². The molecule has 1 N–H and O–H groups in total. The van der Waals surface area contributed by atoms with Crippen LogP contribution in [0.25, 0.3) is 0 Å². The molecule has 0 saturated heterocycles. The van der Waals surface area contributed by atoms with E-state index in [9.17, 15) is 9.59 Å². The van der Waals surface area contributed by atoms with E-state index in [4.69, 9.17) is 23.2 Å². The summed E-state index contributed by atoms with van der Waals surface area (Å²) in [5.74, 6) is -0.343. The summed E-state index contributed by atoms with van der Waals surface area (Å²) in [5, 5.41) is 7.75. The van der Waals surface area contributed by atoms with Crippen LogP contribution in [0, 0.1) is 13.8 Å². The number of nitrogens with one attached hydrogen (secondary N) is 1. The van der Waals surface area contributed by atoms with Crippen LogP contribution in [0.1, 0.15) is 37.5 Å². The summed E-state index contributed by atoms with van der Waals surface area (Å²) in [7, 11) is 1.66. The first-order valence-electron chi connectivity index (χ1n) is 8.19. The Hall–Kier alpha value is -2.63. The molecular formula is C20H17Cl2N3O2. The van der Waals surface area contributed by atoms with Gasteiger partial charge in [0.2, 0.25) is 0 Å². The van der Waals surface area contributed by atoms with Crippen molar-refractivity contribution < 1.29 is 9.59 Å². The van der Waals surface area contributed by atoms with E-state index in [-0.39, 0.29) is 16.7 Å². The molecule has 0 spiro atoms. The van der Waals surface area contributed by atoms with Gasteiger partial charge in [0.25, 0.3) is 5.91 Å². The molecule has 27 heavy (non-hydrogen) atoms. The highest BCUT2D eigenvalue weighted by atomic mass is 35.5. The number of nitrogens with zero attached hydrogens (tertiary/aromatic N) is 2. The second-order valence-electron chi connectivity index (χ2n) is 6.21. The van der Waals surface area contributed by atoms with Gasteiger partial charge in [-0.05, 0) is 44.2 Å². The average Bonchev–Trinajstić information content (AvgIpc) is 2.88. The first kappa shape index (κ1) is 19.1. The highest BCUT2D eigenvalue weighted by Crippen LogP contribution is 2.28. The van der Waals surface area contributed by atoms with Gasteiger partial charge in [0.05, 0.1) is 16.3 Å². The van der Waals surface area contributed by atoms with Gasteiger partial charge in [0.15, 0.2) is 5.78 Å². The monoisotopic (exact) mass is 401 g/mol. The molecule has 0 saturated carbocycles. The van der Waals surface area contributed by atoms with Gasteiger partial charge in [-0.25, -0.2) is 0 Å². The zero-order chi connectivity index (χ0) is 19.7. The third-order valence-electron chi connectivity index (χ3n) is 4.17. The lowest BCUT2D eigenvalue weighted by Gasteiger charge is -2.10. The summed E-state index contributed by atoms with van der Waals surface area (Å²) in [5.41, 5.74) is 2.62. The predicted octanol–water partition coefficient (Wildman–Crippen LogP) is 4.83. The number of rotatable bonds is 4. The van der Waals surface area contributed by atoms with Crippen molar-refractivity contribution in [3.63, 3.8) is 0 Å². The topological polar surface area (TPSA) is 64.0 Å². The fraction of sp³-hybridized carbons (Fsp3) is 0.150. The zero-order valence-electron chi connectivity index (χ0n) is 15.0. The van der Waals surface area contributed by atoms with Crippen LogP contribution in [-0.4, -0.2) is 21.5 Å². The van der Waals surface area contributed by atoms with Crippen LogP contribution in [0.3, 0.4) is 0 Å². The third kappa shape index (κ3) is 3.89. The molecule has 0 aliphatic heterocycles. The van der Waals surface area contributed by atoms with Gasteiger partial charge in [-0.2, -0.15) is 5.10 Å². The summed E-state index contributed by atoms with van der Waals surface area (Å²) in [6.07, 6.45) is 0. The van der Waals surface area contributed by atoms with Crippen LogP contribution in [-0.2, 0) is 7.05 Å². The third-order valence-corrected chi connectivity index (χ3v) is 4.72. The highest BCUT2D eigenvalue weighted by Gasteiger charge is 2.25. The lowest BCUT2D eigenvalue weighted by molar-refractivity contribution is 0.102. The number of hydrogen-bond donors (Lipinski definition) is 1. The molecule has 7 heteroatoms. The number of carbonyl (C=O) groups excluding carboxylic acids is 2. The standard InChI is InChI=1S/C20H17Cl2N3O2/c1-11-4-6-13(7-5-11)20(27)23-19-17(12(2)24-25(19)3)18(26)15-9-8-14(21)10-16(15)22/h4-10H,1-3H3,(H,23,27). The average molecular weight is 402 g/mol. The number of benzene rings is 2. The minimum absolute atomic E-state index is 0.242. The number of ketones is 1. The van der Waals surface area contributed by atoms with Gasteiger partial charge in [-0.15, -0.1) is 0 Å². The van der Waals surface area contributed by atoms with Crippen LogP contribution in [0.2, 0.25) is 10.0 Å². The molecule has 0 unspecified atom stereocenters. The van der Waals surface area contributed by atoms with Gasteiger partial charge < -0.3 is 5.32 Å². The van der Waals surface area contributed by atoms with E-state index in [0.717, 1.165) is 5.56 Å². The Morgan fingerprint density at radius 3 is 2.33 bits per heavy atom. The summed E-state index contributed by atoms with van der Waals surface area (Å²) in [6.45, 7) is 3.65. The number of anilines is 1. The van der Waals surface area contributed by atoms with Crippen molar-refractivity contribution in [1.29, 1.82) is 0 Å². The van der Waals surface area contributed by atoms with E-state index in [1.54, 1.807) is 38.2 Å². The van der Waals surface area contributed by atoms with E-state index in [1.807, 2.05) is 19.1 Å². The fourth-order valence-electron chi connectivity index (χ4n) is 2.77. The molecule has 1 aromatic heterocycles. The molecule has 3 rings (SSSR count). The van der Waals surface area contributed by atoms with E-state index in [1.165, 1.54) is 10.7 Å². The van der Waals surface area contributed by atoms with Crippen LogP contribution < -0.4 is 5.32 Å². The Bertz CT molecular complexity index is 1040. The molecule has 2 aromatic carbocycles. The maximum Gasteiger partial charge on any atom is 0.256 e. The lowest BCUT2D eigenvalue weighted by atomic mass is 10.0. The smallest absolute Gasteiger partial charge is 0.256 e. The Labute approximate surface area is 166 Å². The van der Waals surface area contributed by atoms with Crippen molar-refractivity contribution in [3.8, 4) is 0 Å². The molecule has 0 aliphatic rings. The van der Waals surface area contributed by atoms with Gasteiger partial charge in [0, 0.05) is 23.2 Å². The van der Waals surface area contributed by atoms with Crippen molar-refractivity contribution >= 4 is 40.7 Å². The van der Waals surface area contributed by atoms with Crippen molar-refractivity contribution in [3.05, 3.63) is 80.5 Å². The number of amides is 1. The first-order valence-corrected chi connectivity index (χ1v) is 8.95. The Kier molecular flexibility index (Phi) is 5.35. The largest absolute Gasteiger partial charge is 0.306 e. The van der Waals surface area contributed by atoms with E-state index >= 15 is 0 Å². The van der Waals surface area contributed by atoms with Crippen LogP contribution >= 0.6 is 23.2 Å². The van der Waals surface area contributed by atoms with Gasteiger partial charge in [-0.3, -0.25) is 14.3 Å². The molecule has 1 heterocycles. The van der Waals surface area contributed by atoms with Gasteiger partial charge in [-0.1, -0.05) is 40.9 Å². The van der Waals surface area contributed by atoms with Crippen molar-refractivity contribution in [2.24, 2.45) is 7.05 Å². The maximum atomic E-state index is 13.1. The van der Waals surface area contributed by atoms with Crippen LogP contribution in [0.5, 0.6) is 0 Å². The quantitative estimate of drug-likeness (QED) is 0.636. The summed E-state index contributed by atoms with van der Waals surface area (Å²) >= 11 is 12.1. The van der Waals surface area contributed by atoms with Gasteiger partial charge in [0.1, 0.15) is 5.82 Å². The van der Waals surface area contributed by atoms with Crippen molar-refractivity contribution in [1.82, 2.24) is 9.78 Å². The minimum Gasteiger partial charge on any atom is -0.306 e. The Balaban J connectivity index is 1.99. The first-order chi connectivity index (χ1) is 12.8. The van der Waals surface area contributed by atoms with E-state index in [2.05, 4.69) is 10.4 Å². The molecule has 0 radical (unpaired) electrons. The predicted molar refractivity (Wildman–Crippen MR) is 107 cm³/mol. The highest BCUT2D eigenvalue weighted by molar-refractivity contribution is 6.37. The molecule has 1 amide bonds. The number of aryl methyl sites for hydroxylation is 3. The minimum atomic E-state index is -0.332. The second kappa shape index (κ2) is 7.55. The number of carbonyl (C=O) groups is 2. The van der Waals surface area contributed by atoms with Crippen molar-refractivity contribution in [2.45, 2.75) is 13.8 Å². The molecule has 5 nitrogen and oxygen atoms in total. The lowest BCUT2D eigenvalue weighted by Crippen LogP contribution is -2.17. The maximum absolute atomic E-state index is 13.1.